The lowest BCUT2D eigenvalue weighted by Crippen LogP contribution is -2.33. The van der Waals surface area contributed by atoms with E-state index in [0.717, 1.165) is 28.1 Å². The molecule has 0 radical (unpaired) electrons. The van der Waals surface area contributed by atoms with Gasteiger partial charge >= 0.3 is 0 Å². The molecule has 0 aliphatic heterocycles. The van der Waals surface area contributed by atoms with Crippen molar-refractivity contribution in [2.45, 2.75) is 20.0 Å². The number of hydrogen-bond acceptors (Lipinski definition) is 2. The van der Waals surface area contributed by atoms with Gasteiger partial charge in [-0.1, -0.05) is 60.7 Å². The van der Waals surface area contributed by atoms with Crippen molar-refractivity contribution in [1.29, 1.82) is 0 Å². The van der Waals surface area contributed by atoms with Gasteiger partial charge in [-0.15, -0.1) is 0 Å². The Balaban J connectivity index is 1.67. The molecule has 0 bridgehead atoms. The minimum Gasteiger partial charge on any atom is -0.319 e. The molecule has 0 aliphatic carbocycles. The van der Waals surface area contributed by atoms with Crippen molar-refractivity contribution >= 4 is 22.6 Å². The Morgan fingerprint density at radius 3 is 2.26 bits per heavy atom. The second-order valence-corrected chi connectivity index (χ2v) is 6.53. The van der Waals surface area contributed by atoms with Crippen molar-refractivity contribution in [1.82, 2.24) is 9.55 Å². The number of hydrogen-bond donors (Lipinski definition) is 0. The molecule has 0 atom stereocenters. The molecule has 3 aromatic carbocycles. The number of rotatable bonds is 5. The van der Waals surface area contributed by atoms with Crippen LogP contribution in [0.3, 0.4) is 0 Å². The monoisotopic (exact) mass is 355 g/mol. The average Bonchev–Trinajstić information content (AvgIpc) is 3.03. The van der Waals surface area contributed by atoms with E-state index in [1.54, 1.807) is 0 Å². The minimum absolute atomic E-state index is 0.0382. The van der Waals surface area contributed by atoms with Gasteiger partial charge in [0, 0.05) is 5.69 Å². The fourth-order valence-electron chi connectivity index (χ4n) is 3.31. The summed E-state index contributed by atoms with van der Waals surface area (Å²) in [5, 5.41) is 0. The first-order valence-electron chi connectivity index (χ1n) is 9.03. The van der Waals surface area contributed by atoms with Crippen LogP contribution in [0.4, 0.5) is 5.69 Å². The molecule has 0 saturated carbocycles. The first-order chi connectivity index (χ1) is 13.2. The van der Waals surface area contributed by atoms with E-state index in [-0.39, 0.29) is 12.5 Å². The van der Waals surface area contributed by atoms with Crippen molar-refractivity contribution < 1.29 is 4.79 Å². The third-order valence-electron chi connectivity index (χ3n) is 4.69. The fraction of sp³-hybridized carbons (Fsp3) is 0.130. The van der Waals surface area contributed by atoms with E-state index in [2.05, 4.69) is 4.98 Å². The number of anilines is 1. The summed E-state index contributed by atoms with van der Waals surface area (Å²) in [5.74, 6) is 0.883. The molecule has 0 unspecified atom stereocenters. The number of aromatic nitrogens is 2. The highest BCUT2D eigenvalue weighted by molar-refractivity contribution is 5.94. The van der Waals surface area contributed by atoms with Gasteiger partial charge in [-0.25, -0.2) is 4.98 Å². The van der Waals surface area contributed by atoms with Crippen LogP contribution in [0.25, 0.3) is 11.0 Å². The number of benzene rings is 3. The maximum absolute atomic E-state index is 13.3. The Labute approximate surface area is 158 Å². The molecule has 1 aromatic heterocycles. The third-order valence-corrected chi connectivity index (χ3v) is 4.69. The number of aryl methyl sites for hydroxylation is 1. The summed E-state index contributed by atoms with van der Waals surface area (Å²) in [7, 11) is 0. The summed E-state index contributed by atoms with van der Waals surface area (Å²) in [4.78, 5) is 19.7. The van der Waals surface area contributed by atoms with Crippen LogP contribution in [-0.2, 0) is 17.9 Å². The maximum atomic E-state index is 13.3. The smallest absolute Gasteiger partial charge is 0.247 e. The number of nitrogens with zero attached hydrogens (tertiary/aromatic N) is 3. The van der Waals surface area contributed by atoms with Gasteiger partial charge in [-0.2, -0.15) is 0 Å². The molecule has 0 aliphatic rings. The molecule has 0 fully saturated rings. The Hall–Kier alpha value is -3.40. The van der Waals surface area contributed by atoms with Gasteiger partial charge in [0.1, 0.15) is 12.4 Å². The Kier molecular flexibility index (Phi) is 4.71. The molecule has 0 saturated heterocycles. The molecule has 1 amide bonds. The van der Waals surface area contributed by atoms with Crippen LogP contribution in [-0.4, -0.2) is 15.5 Å². The lowest BCUT2D eigenvalue weighted by atomic mass is 10.2. The first-order valence-corrected chi connectivity index (χ1v) is 9.03. The molecule has 0 spiro atoms. The number of imidazole rings is 1. The van der Waals surface area contributed by atoms with Crippen molar-refractivity contribution in [3.05, 3.63) is 96.3 Å². The van der Waals surface area contributed by atoms with Gasteiger partial charge in [-0.3, -0.25) is 4.79 Å². The Morgan fingerprint density at radius 1 is 0.889 bits per heavy atom. The summed E-state index contributed by atoms with van der Waals surface area (Å²) in [6, 6.07) is 27.8. The zero-order valence-electron chi connectivity index (χ0n) is 15.2. The van der Waals surface area contributed by atoms with Gasteiger partial charge in [0.2, 0.25) is 5.91 Å². The number of para-hydroxylation sites is 3. The van der Waals surface area contributed by atoms with E-state index in [1.165, 1.54) is 0 Å². The second kappa shape index (κ2) is 7.46. The summed E-state index contributed by atoms with van der Waals surface area (Å²) < 4.78 is 1.98. The van der Waals surface area contributed by atoms with Crippen molar-refractivity contribution in [2.75, 3.05) is 4.90 Å². The van der Waals surface area contributed by atoms with Gasteiger partial charge in [-0.05, 0) is 36.8 Å². The van der Waals surface area contributed by atoms with E-state index < -0.39 is 0 Å². The van der Waals surface area contributed by atoms with E-state index in [1.807, 2.05) is 101 Å². The van der Waals surface area contributed by atoms with Crippen LogP contribution in [0, 0.1) is 6.92 Å². The number of carbonyl (C=O) groups is 1. The molecule has 4 heteroatoms. The van der Waals surface area contributed by atoms with Crippen LogP contribution in [0.1, 0.15) is 11.4 Å². The maximum Gasteiger partial charge on any atom is 0.247 e. The van der Waals surface area contributed by atoms with Crippen LogP contribution in [0.5, 0.6) is 0 Å². The van der Waals surface area contributed by atoms with Crippen LogP contribution >= 0.6 is 0 Å². The Bertz CT molecular complexity index is 1050. The predicted molar refractivity (Wildman–Crippen MR) is 109 cm³/mol. The standard InChI is InChI=1S/C23H21N3O/c1-18-24-21-14-8-9-15-22(21)25(18)17-23(27)26(20-12-6-3-7-13-20)16-19-10-4-2-5-11-19/h2-15H,16-17H2,1H3. The third kappa shape index (κ3) is 3.60. The number of amides is 1. The summed E-state index contributed by atoms with van der Waals surface area (Å²) in [5.41, 5.74) is 3.89. The molecule has 4 aromatic rings. The van der Waals surface area contributed by atoms with E-state index in [9.17, 15) is 4.79 Å². The van der Waals surface area contributed by atoms with Crippen molar-refractivity contribution in [3.63, 3.8) is 0 Å². The lowest BCUT2D eigenvalue weighted by molar-refractivity contribution is -0.119. The van der Waals surface area contributed by atoms with Crippen molar-refractivity contribution in [3.8, 4) is 0 Å². The van der Waals surface area contributed by atoms with Gasteiger partial charge < -0.3 is 9.47 Å². The molecular formula is C23H21N3O. The predicted octanol–water partition coefficient (Wildman–Crippen LogP) is 4.58. The van der Waals surface area contributed by atoms with Gasteiger partial charge in [0.25, 0.3) is 0 Å². The van der Waals surface area contributed by atoms with Crippen LogP contribution < -0.4 is 4.90 Å². The highest BCUT2D eigenvalue weighted by Crippen LogP contribution is 2.20. The topological polar surface area (TPSA) is 38.1 Å². The van der Waals surface area contributed by atoms with E-state index in [0.29, 0.717) is 6.54 Å². The highest BCUT2D eigenvalue weighted by Gasteiger charge is 2.19. The molecular weight excluding hydrogens is 334 g/mol. The normalized spacial score (nSPS) is 10.9. The second-order valence-electron chi connectivity index (χ2n) is 6.53. The highest BCUT2D eigenvalue weighted by atomic mass is 16.2. The zero-order valence-corrected chi connectivity index (χ0v) is 15.2. The quantitative estimate of drug-likeness (QED) is 0.526. The molecule has 134 valence electrons. The minimum atomic E-state index is 0.0382. The molecule has 27 heavy (non-hydrogen) atoms. The molecule has 4 nitrogen and oxygen atoms in total. The zero-order chi connectivity index (χ0) is 18.6. The summed E-state index contributed by atoms with van der Waals surface area (Å²) >= 11 is 0. The van der Waals surface area contributed by atoms with Gasteiger partial charge in [0.05, 0.1) is 17.6 Å². The lowest BCUT2D eigenvalue weighted by Gasteiger charge is -2.24. The molecule has 0 N–H and O–H groups in total. The van der Waals surface area contributed by atoms with Crippen LogP contribution in [0.15, 0.2) is 84.9 Å². The molecule has 4 rings (SSSR count). The first kappa shape index (κ1) is 17.0. The summed E-state index contributed by atoms with van der Waals surface area (Å²) in [6.45, 7) is 2.74. The van der Waals surface area contributed by atoms with E-state index >= 15 is 0 Å². The number of fused-ring (bicyclic) bond motifs is 1. The van der Waals surface area contributed by atoms with E-state index in [4.69, 9.17) is 0 Å². The molecule has 1 heterocycles. The number of carbonyl (C=O) groups excluding carboxylic acids is 1. The SMILES string of the molecule is Cc1nc2ccccc2n1CC(=O)N(Cc1ccccc1)c1ccccc1. The Morgan fingerprint density at radius 2 is 1.52 bits per heavy atom. The fourth-order valence-corrected chi connectivity index (χ4v) is 3.31. The average molecular weight is 355 g/mol. The van der Waals surface area contributed by atoms with Crippen LogP contribution in [0.2, 0.25) is 0 Å². The largest absolute Gasteiger partial charge is 0.319 e. The van der Waals surface area contributed by atoms with Crippen molar-refractivity contribution in [2.24, 2.45) is 0 Å². The summed E-state index contributed by atoms with van der Waals surface area (Å²) in [6.07, 6.45) is 0. The van der Waals surface area contributed by atoms with Gasteiger partial charge in [0.15, 0.2) is 0 Å².